The summed E-state index contributed by atoms with van der Waals surface area (Å²) >= 11 is 0. The Kier molecular flexibility index (Phi) is 2.77. The molecule has 1 aromatic carbocycles. The first-order valence-electron chi connectivity index (χ1n) is 3.77. The van der Waals surface area contributed by atoms with E-state index < -0.39 is 9.84 Å². The van der Waals surface area contributed by atoms with Gasteiger partial charge in [-0.05, 0) is 18.2 Å². The van der Waals surface area contributed by atoms with Crippen molar-refractivity contribution < 1.29 is 13.2 Å². The second-order valence-corrected chi connectivity index (χ2v) is 4.73. The van der Waals surface area contributed by atoms with E-state index in [1.165, 1.54) is 25.3 Å². The Morgan fingerprint density at radius 1 is 1.43 bits per heavy atom. The quantitative estimate of drug-likeness (QED) is 0.731. The molecule has 0 fully saturated rings. The molecule has 0 saturated carbocycles. The summed E-state index contributed by atoms with van der Waals surface area (Å²) in [7, 11) is -1.89. The van der Waals surface area contributed by atoms with Crippen molar-refractivity contribution in [1.29, 1.82) is 5.26 Å². The zero-order valence-corrected chi connectivity index (χ0v) is 8.63. The molecule has 0 atom stereocenters. The van der Waals surface area contributed by atoms with E-state index in [9.17, 15) is 8.42 Å². The highest BCUT2D eigenvalue weighted by Crippen LogP contribution is 2.20. The van der Waals surface area contributed by atoms with Crippen LogP contribution in [0, 0.1) is 11.3 Å². The van der Waals surface area contributed by atoms with E-state index in [-0.39, 0.29) is 10.5 Å². The van der Waals surface area contributed by atoms with Gasteiger partial charge in [-0.15, -0.1) is 0 Å². The maximum atomic E-state index is 11.2. The second-order valence-electron chi connectivity index (χ2n) is 2.75. The third-order valence-electron chi connectivity index (χ3n) is 1.71. The Morgan fingerprint density at radius 2 is 2.07 bits per heavy atom. The Bertz CT molecular complexity index is 485. The third-order valence-corrected chi connectivity index (χ3v) is 2.86. The fourth-order valence-corrected chi connectivity index (χ4v) is 1.87. The molecule has 14 heavy (non-hydrogen) atoms. The Morgan fingerprint density at radius 3 is 2.50 bits per heavy atom. The van der Waals surface area contributed by atoms with Crippen molar-refractivity contribution >= 4 is 9.84 Å². The molecule has 0 aliphatic rings. The lowest BCUT2D eigenvalue weighted by Crippen LogP contribution is -2.00. The van der Waals surface area contributed by atoms with Crippen LogP contribution in [0.4, 0.5) is 0 Å². The lowest BCUT2D eigenvalue weighted by molar-refractivity contribution is 0.414. The van der Waals surface area contributed by atoms with Gasteiger partial charge in [-0.25, -0.2) is 8.42 Å². The number of hydrogen-bond donors (Lipinski definition) is 0. The minimum Gasteiger partial charge on any atom is -0.497 e. The molecule has 0 saturated heterocycles. The van der Waals surface area contributed by atoms with Crippen LogP contribution in [0.1, 0.15) is 5.56 Å². The summed E-state index contributed by atoms with van der Waals surface area (Å²) in [5, 5.41) is 8.73. The Hall–Kier alpha value is -1.54. The first-order valence-corrected chi connectivity index (χ1v) is 5.66. The largest absolute Gasteiger partial charge is 0.497 e. The minimum absolute atomic E-state index is 0.0285. The molecule has 4 nitrogen and oxygen atoms in total. The van der Waals surface area contributed by atoms with Gasteiger partial charge < -0.3 is 4.74 Å². The van der Waals surface area contributed by atoms with Gasteiger partial charge in [-0.1, -0.05) is 0 Å². The predicted octanol–water partition coefficient (Wildman–Crippen LogP) is 0.970. The summed E-state index contributed by atoms with van der Waals surface area (Å²) in [6, 6.07) is 6.10. The van der Waals surface area contributed by atoms with Crippen LogP contribution in [0.15, 0.2) is 23.1 Å². The molecule has 0 aromatic heterocycles. The summed E-state index contributed by atoms with van der Waals surface area (Å²) in [6.07, 6.45) is 1.07. The van der Waals surface area contributed by atoms with Gasteiger partial charge in [0.25, 0.3) is 0 Å². The highest BCUT2D eigenvalue weighted by Gasteiger charge is 2.13. The number of nitrogens with zero attached hydrogens (tertiary/aromatic N) is 1. The van der Waals surface area contributed by atoms with Gasteiger partial charge in [-0.2, -0.15) is 5.26 Å². The maximum Gasteiger partial charge on any atom is 0.176 e. The third kappa shape index (κ3) is 2.03. The van der Waals surface area contributed by atoms with E-state index >= 15 is 0 Å². The Labute approximate surface area is 82.7 Å². The molecule has 0 radical (unpaired) electrons. The van der Waals surface area contributed by atoms with Crippen LogP contribution in [0.2, 0.25) is 0 Å². The van der Waals surface area contributed by atoms with Gasteiger partial charge in [0.05, 0.1) is 17.6 Å². The first kappa shape index (κ1) is 10.5. The molecule has 0 spiro atoms. The van der Waals surface area contributed by atoms with E-state index in [4.69, 9.17) is 10.00 Å². The monoisotopic (exact) mass is 211 g/mol. The lowest BCUT2D eigenvalue weighted by Gasteiger charge is -2.03. The van der Waals surface area contributed by atoms with Gasteiger partial charge in [0, 0.05) is 6.26 Å². The normalized spacial score (nSPS) is 10.6. The van der Waals surface area contributed by atoms with Crippen LogP contribution in [-0.2, 0) is 9.84 Å². The lowest BCUT2D eigenvalue weighted by atomic mass is 10.2. The number of methoxy groups -OCH3 is 1. The van der Waals surface area contributed by atoms with Crippen molar-refractivity contribution in [2.75, 3.05) is 13.4 Å². The summed E-state index contributed by atoms with van der Waals surface area (Å²) in [5.74, 6) is 0.467. The molecule has 0 heterocycles. The predicted molar refractivity (Wildman–Crippen MR) is 50.8 cm³/mol. The maximum absolute atomic E-state index is 11.2. The van der Waals surface area contributed by atoms with E-state index in [1.54, 1.807) is 0 Å². The van der Waals surface area contributed by atoms with Crippen LogP contribution in [-0.4, -0.2) is 21.8 Å². The van der Waals surface area contributed by atoms with E-state index in [0.717, 1.165) is 6.26 Å². The van der Waals surface area contributed by atoms with Crippen molar-refractivity contribution in [2.24, 2.45) is 0 Å². The molecule has 0 amide bonds. The van der Waals surface area contributed by atoms with Gasteiger partial charge in [-0.3, -0.25) is 0 Å². The SMILES string of the molecule is COc1ccc(S(C)(=O)=O)c(C#N)c1. The zero-order chi connectivity index (χ0) is 10.8. The average molecular weight is 211 g/mol. The number of benzene rings is 1. The first-order chi connectivity index (χ1) is 6.49. The van der Waals surface area contributed by atoms with Crippen molar-refractivity contribution in [3.8, 4) is 11.8 Å². The summed E-state index contributed by atoms with van der Waals surface area (Å²) in [6.45, 7) is 0. The van der Waals surface area contributed by atoms with Crippen LogP contribution in [0.3, 0.4) is 0 Å². The number of nitriles is 1. The van der Waals surface area contributed by atoms with Crippen LogP contribution in [0.25, 0.3) is 0 Å². The number of ether oxygens (including phenoxy) is 1. The molecule has 0 bridgehead atoms. The molecule has 1 aromatic rings. The fraction of sp³-hybridized carbons (Fsp3) is 0.222. The minimum atomic E-state index is -3.35. The fourth-order valence-electron chi connectivity index (χ4n) is 1.05. The van der Waals surface area contributed by atoms with E-state index in [0.29, 0.717) is 5.75 Å². The smallest absolute Gasteiger partial charge is 0.176 e. The molecular weight excluding hydrogens is 202 g/mol. The van der Waals surface area contributed by atoms with Crippen LogP contribution in [0.5, 0.6) is 5.75 Å². The molecule has 0 aliphatic heterocycles. The zero-order valence-electron chi connectivity index (χ0n) is 7.81. The highest BCUT2D eigenvalue weighted by molar-refractivity contribution is 7.90. The topological polar surface area (TPSA) is 67.2 Å². The Balaban J connectivity index is 3.43. The van der Waals surface area contributed by atoms with Gasteiger partial charge in [0.2, 0.25) is 0 Å². The average Bonchev–Trinajstić information content (AvgIpc) is 2.15. The summed E-state index contributed by atoms with van der Waals surface area (Å²) in [4.78, 5) is 0.0285. The van der Waals surface area contributed by atoms with E-state index in [1.807, 2.05) is 6.07 Å². The van der Waals surface area contributed by atoms with Crippen molar-refractivity contribution in [2.45, 2.75) is 4.90 Å². The molecule has 1 rings (SSSR count). The highest BCUT2D eigenvalue weighted by atomic mass is 32.2. The molecular formula is C9H9NO3S. The molecule has 0 aliphatic carbocycles. The number of sulfone groups is 1. The van der Waals surface area contributed by atoms with Crippen molar-refractivity contribution in [3.05, 3.63) is 23.8 Å². The molecule has 0 unspecified atom stereocenters. The number of hydrogen-bond acceptors (Lipinski definition) is 4. The van der Waals surface area contributed by atoms with E-state index in [2.05, 4.69) is 0 Å². The van der Waals surface area contributed by atoms with Gasteiger partial charge in [0.15, 0.2) is 9.84 Å². The van der Waals surface area contributed by atoms with Gasteiger partial charge in [0.1, 0.15) is 11.8 Å². The summed E-state index contributed by atoms with van der Waals surface area (Å²) in [5.41, 5.74) is 0.104. The molecule has 0 N–H and O–H groups in total. The standard InChI is InChI=1S/C9H9NO3S/c1-13-8-3-4-9(14(2,11)12)7(5-8)6-10/h3-5H,1-2H3. The van der Waals surface area contributed by atoms with Gasteiger partial charge >= 0.3 is 0 Å². The van der Waals surface area contributed by atoms with Crippen molar-refractivity contribution in [3.63, 3.8) is 0 Å². The summed E-state index contributed by atoms with van der Waals surface area (Å²) < 4.78 is 27.3. The molecule has 5 heteroatoms. The second kappa shape index (κ2) is 3.68. The van der Waals surface area contributed by atoms with Crippen molar-refractivity contribution in [1.82, 2.24) is 0 Å². The molecule has 74 valence electrons. The number of rotatable bonds is 2. The van der Waals surface area contributed by atoms with Crippen LogP contribution < -0.4 is 4.74 Å². The van der Waals surface area contributed by atoms with Crippen LogP contribution >= 0.6 is 0 Å².